The molecule has 0 atom stereocenters. The van der Waals surface area contributed by atoms with Gasteiger partial charge in [-0.3, -0.25) is 9.59 Å². The van der Waals surface area contributed by atoms with Crippen molar-refractivity contribution in [3.8, 4) is 0 Å². The second-order valence-corrected chi connectivity index (χ2v) is 7.75. The second kappa shape index (κ2) is 9.14. The fourth-order valence-corrected chi connectivity index (χ4v) is 4.20. The van der Waals surface area contributed by atoms with Crippen molar-refractivity contribution in [3.63, 3.8) is 0 Å². The van der Waals surface area contributed by atoms with E-state index in [0.717, 1.165) is 12.0 Å². The molecule has 0 radical (unpaired) electrons. The van der Waals surface area contributed by atoms with Crippen LogP contribution in [0, 0.1) is 0 Å². The van der Waals surface area contributed by atoms with Crippen molar-refractivity contribution in [1.29, 1.82) is 0 Å². The molecule has 0 bridgehead atoms. The Balaban J connectivity index is 1.61. The minimum absolute atomic E-state index is 0.142. The van der Waals surface area contributed by atoms with Gasteiger partial charge in [-0.2, -0.15) is 0 Å². The lowest BCUT2D eigenvalue weighted by Gasteiger charge is -2.35. The van der Waals surface area contributed by atoms with Crippen LogP contribution in [0.2, 0.25) is 0 Å². The van der Waals surface area contributed by atoms with Crippen LogP contribution in [0.4, 0.5) is 0 Å². The van der Waals surface area contributed by atoms with Crippen molar-refractivity contribution in [2.75, 3.05) is 13.2 Å². The summed E-state index contributed by atoms with van der Waals surface area (Å²) in [5.74, 6) is -1.14. The van der Waals surface area contributed by atoms with Gasteiger partial charge in [0.25, 0.3) is 0 Å². The molecular weight excluding hydrogens is 390 g/mol. The molecule has 31 heavy (non-hydrogen) atoms. The van der Waals surface area contributed by atoms with E-state index in [-0.39, 0.29) is 18.9 Å². The number of nitrogens with zero attached hydrogens (tertiary/aromatic N) is 1. The molecule has 4 rings (SSSR count). The van der Waals surface area contributed by atoms with Crippen LogP contribution in [0.3, 0.4) is 0 Å². The van der Waals surface area contributed by atoms with Crippen molar-refractivity contribution in [3.05, 3.63) is 107 Å². The molecule has 0 fully saturated rings. The van der Waals surface area contributed by atoms with Gasteiger partial charge in [-0.1, -0.05) is 84.9 Å². The van der Waals surface area contributed by atoms with Crippen molar-refractivity contribution in [2.24, 2.45) is 0 Å². The van der Waals surface area contributed by atoms with Crippen LogP contribution in [0.25, 0.3) is 0 Å². The molecule has 1 heterocycles. The molecule has 3 aromatic carbocycles. The Morgan fingerprint density at radius 2 is 1.39 bits per heavy atom. The summed E-state index contributed by atoms with van der Waals surface area (Å²) < 4.78 is 6.24. The number of carboxylic acid groups (broad SMARTS) is 1. The highest BCUT2D eigenvalue weighted by Crippen LogP contribution is 2.37. The maximum atomic E-state index is 13.1. The largest absolute Gasteiger partial charge is 0.481 e. The zero-order valence-corrected chi connectivity index (χ0v) is 17.2. The van der Waals surface area contributed by atoms with Gasteiger partial charge >= 0.3 is 5.97 Å². The van der Waals surface area contributed by atoms with E-state index in [1.807, 2.05) is 78.9 Å². The number of rotatable bonds is 7. The molecule has 0 unspecified atom stereocenters. The number of aliphatic carboxylic acids is 1. The van der Waals surface area contributed by atoms with Crippen molar-refractivity contribution in [1.82, 2.24) is 4.90 Å². The van der Waals surface area contributed by atoms with Crippen LogP contribution in [0.15, 0.2) is 84.9 Å². The van der Waals surface area contributed by atoms with Crippen LogP contribution in [0.5, 0.6) is 0 Å². The lowest BCUT2D eigenvalue weighted by molar-refractivity contribution is -0.151. The van der Waals surface area contributed by atoms with Gasteiger partial charge in [-0.05, 0) is 28.7 Å². The molecule has 1 aliphatic heterocycles. The highest BCUT2D eigenvalue weighted by molar-refractivity contribution is 5.78. The summed E-state index contributed by atoms with van der Waals surface area (Å²) in [5.41, 5.74) is 2.57. The molecule has 158 valence electrons. The van der Waals surface area contributed by atoms with E-state index in [1.54, 1.807) is 4.90 Å². The summed E-state index contributed by atoms with van der Waals surface area (Å²) in [6, 6.07) is 26.6. The van der Waals surface area contributed by atoms with Crippen LogP contribution in [0.1, 0.15) is 28.7 Å². The smallest absolute Gasteiger partial charge is 0.307 e. The van der Waals surface area contributed by atoms with Crippen molar-refractivity contribution in [2.45, 2.75) is 25.0 Å². The third-order valence-electron chi connectivity index (χ3n) is 5.81. The summed E-state index contributed by atoms with van der Waals surface area (Å²) in [5, 5.41) is 9.72. The summed E-state index contributed by atoms with van der Waals surface area (Å²) in [4.78, 5) is 26.7. The van der Waals surface area contributed by atoms with Gasteiger partial charge in [0.15, 0.2) is 0 Å². The number of carbonyl (C=O) groups is 2. The summed E-state index contributed by atoms with van der Waals surface area (Å²) in [7, 11) is 0. The first kappa shape index (κ1) is 20.8. The maximum absolute atomic E-state index is 13.1. The third kappa shape index (κ3) is 4.52. The molecule has 3 aromatic rings. The number of benzene rings is 3. The fourth-order valence-electron chi connectivity index (χ4n) is 4.20. The van der Waals surface area contributed by atoms with Crippen LogP contribution >= 0.6 is 0 Å². The predicted octanol–water partition coefficient (Wildman–Crippen LogP) is 4.01. The molecule has 0 aromatic heterocycles. The van der Waals surface area contributed by atoms with E-state index >= 15 is 0 Å². The van der Waals surface area contributed by atoms with E-state index < -0.39 is 11.6 Å². The molecule has 5 nitrogen and oxygen atoms in total. The lowest BCUT2D eigenvalue weighted by atomic mass is 9.83. The first-order chi connectivity index (χ1) is 15.1. The maximum Gasteiger partial charge on any atom is 0.307 e. The van der Waals surface area contributed by atoms with Crippen LogP contribution in [-0.2, 0) is 32.9 Å². The molecule has 0 aliphatic carbocycles. The lowest BCUT2D eigenvalue weighted by Crippen LogP contribution is -2.42. The number of carboxylic acids is 1. The standard InChI is InChI=1S/C26H25NO4/c28-24(27-16-15-20-9-7-8-10-21(20)18-27)19-31-26(17-25(29)30,22-11-3-1-4-12-22)23-13-5-2-6-14-23/h1-14H,15-19H2,(H,29,30). The third-order valence-corrected chi connectivity index (χ3v) is 5.81. The van der Waals surface area contributed by atoms with Gasteiger partial charge in [0.2, 0.25) is 5.91 Å². The fraction of sp³-hybridized carbons (Fsp3) is 0.231. The Morgan fingerprint density at radius 3 is 1.97 bits per heavy atom. The van der Waals surface area contributed by atoms with Gasteiger partial charge in [0.1, 0.15) is 12.2 Å². The Bertz CT molecular complexity index is 1010. The van der Waals surface area contributed by atoms with Gasteiger partial charge in [0.05, 0.1) is 6.42 Å². The van der Waals surface area contributed by atoms with Gasteiger partial charge in [-0.15, -0.1) is 0 Å². The van der Waals surface area contributed by atoms with Crippen LogP contribution in [-0.4, -0.2) is 35.0 Å². The van der Waals surface area contributed by atoms with Gasteiger partial charge in [0, 0.05) is 13.1 Å². The van der Waals surface area contributed by atoms with Crippen LogP contribution < -0.4 is 0 Å². The van der Waals surface area contributed by atoms with Gasteiger partial charge < -0.3 is 14.7 Å². The zero-order valence-electron chi connectivity index (χ0n) is 17.2. The molecule has 0 saturated carbocycles. The van der Waals surface area contributed by atoms with E-state index in [9.17, 15) is 14.7 Å². The molecule has 1 aliphatic rings. The number of amides is 1. The SMILES string of the molecule is O=C(O)CC(OCC(=O)N1CCc2ccccc2C1)(c1ccccc1)c1ccccc1. The highest BCUT2D eigenvalue weighted by atomic mass is 16.5. The topological polar surface area (TPSA) is 66.8 Å². The Labute approximate surface area is 181 Å². The summed E-state index contributed by atoms with van der Waals surface area (Å²) in [6.45, 7) is 0.974. The van der Waals surface area contributed by atoms with E-state index in [2.05, 4.69) is 6.07 Å². The molecule has 1 N–H and O–H groups in total. The molecule has 0 saturated heterocycles. The molecule has 5 heteroatoms. The first-order valence-corrected chi connectivity index (χ1v) is 10.4. The van der Waals surface area contributed by atoms with E-state index in [0.29, 0.717) is 24.2 Å². The average molecular weight is 415 g/mol. The summed E-state index contributed by atoms with van der Waals surface area (Å²) in [6.07, 6.45) is 0.524. The number of hydrogen-bond acceptors (Lipinski definition) is 3. The predicted molar refractivity (Wildman–Crippen MR) is 117 cm³/mol. The Kier molecular flexibility index (Phi) is 6.14. The molecule has 1 amide bonds. The van der Waals surface area contributed by atoms with Crippen molar-refractivity contribution >= 4 is 11.9 Å². The number of carbonyl (C=O) groups excluding carboxylic acids is 1. The average Bonchev–Trinajstić information content (AvgIpc) is 2.82. The minimum atomic E-state index is -1.25. The molecular formula is C26H25NO4. The number of fused-ring (bicyclic) bond motifs is 1. The van der Waals surface area contributed by atoms with E-state index in [4.69, 9.17) is 4.74 Å². The number of hydrogen-bond donors (Lipinski definition) is 1. The van der Waals surface area contributed by atoms with Crippen molar-refractivity contribution < 1.29 is 19.4 Å². The first-order valence-electron chi connectivity index (χ1n) is 10.4. The quantitative estimate of drug-likeness (QED) is 0.633. The normalized spacial score (nSPS) is 13.5. The second-order valence-electron chi connectivity index (χ2n) is 7.75. The highest BCUT2D eigenvalue weighted by Gasteiger charge is 2.39. The monoisotopic (exact) mass is 415 g/mol. The molecule has 0 spiro atoms. The summed E-state index contributed by atoms with van der Waals surface area (Å²) >= 11 is 0. The number of ether oxygens (including phenoxy) is 1. The van der Waals surface area contributed by atoms with E-state index in [1.165, 1.54) is 5.56 Å². The van der Waals surface area contributed by atoms with Gasteiger partial charge in [-0.25, -0.2) is 0 Å². The Hall–Kier alpha value is -3.44. The Morgan fingerprint density at radius 1 is 0.839 bits per heavy atom. The zero-order chi connectivity index (χ0) is 21.7. The minimum Gasteiger partial charge on any atom is -0.481 e.